The summed E-state index contributed by atoms with van der Waals surface area (Å²) in [5, 5.41) is 8.90. The van der Waals surface area contributed by atoms with E-state index in [2.05, 4.69) is 35.3 Å². The molecule has 6 nitrogen and oxygen atoms in total. The molecule has 1 aliphatic rings. The lowest BCUT2D eigenvalue weighted by atomic mass is 10.2. The first kappa shape index (κ1) is 17.0. The zero-order valence-electron chi connectivity index (χ0n) is 15.5. The Kier molecular flexibility index (Phi) is 4.19. The molecular formula is C19H23N5OS. The van der Waals surface area contributed by atoms with Crippen LogP contribution in [0, 0.1) is 6.92 Å². The molecule has 2 aromatic heterocycles. The van der Waals surface area contributed by atoms with E-state index in [4.69, 9.17) is 0 Å². The molecule has 1 N–H and O–H groups in total. The summed E-state index contributed by atoms with van der Waals surface area (Å²) in [7, 11) is 1.88. The van der Waals surface area contributed by atoms with Gasteiger partial charge in [-0.05, 0) is 31.5 Å². The molecule has 1 saturated heterocycles. The quantitative estimate of drug-likeness (QED) is 0.762. The summed E-state index contributed by atoms with van der Waals surface area (Å²) in [4.78, 5) is 19.3. The predicted octanol–water partition coefficient (Wildman–Crippen LogP) is 3.68. The van der Waals surface area contributed by atoms with Crippen LogP contribution in [-0.4, -0.2) is 33.3 Å². The van der Waals surface area contributed by atoms with E-state index in [0.29, 0.717) is 12.5 Å². The molecular weight excluding hydrogens is 346 g/mol. The van der Waals surface area contributed by atoms with Gasteiger partial charge in [0.05, 0.1) is 20.9 Å². The van der Waals surface area contributed by atoms with Crippen LogP contribution in [0.25, 0.3) is 10.2 Å². The number of hydrogen-bond acceptors (Lipinski definition) is 5. The van der Waals surface area contributed by atoms with Crippen LogP contribution >= 0.6 is 11.3 Å². The fraction of sp³-hybridized carbons (Fsp3) is 0.421. The molecule has 0 aliphatic carbocycles. The van der Waals surface area contributed by atoms with Gasteiger partial charge in [0.25, 0.3) is 5.91 Å². The van der Waals surface area contributed by atoms with Crippen LogP contribution in [0.5, 0.6) is 0 Å². The van der Waals surface area contributed by atoms with E-state index in [9.17, 15) is 4.79 Å². The summed E-state index contributed by atoms with van der Waals surface area (Å²) < 4.78 is 2.93. The zero-order valence-corrected chi connectivity index (χ0v) is 16.3. The maximum atomic E-state index is 12.8. The van der Waals surface area contributed by atoms with Gasteiger partial charge < -0.3 is 5.32 Å². The molecule has 1 aromatic carbocycles. The van der Waals surface area contributed by atoms with Crippen molar-refractivity contribution in [2.45, 2.75) is 39.2 Å². The highest BCUT2D eigenvalue weighted by molar-refractivity contribution is 7.18. The molecule has 0 saturated carbocycles. The molecule has 136 valence electrons. The summed E-state index contributed by atoms with van der Waals surface area (Å²) in [5.74, 6) is 1.38. The average molecular weight is 369 g/mol. The van der Waals surface area contributed by atoms with Crippen LogP contribution in [0.1, 0.15) is 36.9 Å². The maximum absolute atomic E-state index is 12.8. The number of aromatic nitrogens is 3. The highest BCUT2D eigenvalue weighted by atomic mass is 32.1. The van der Waals surface area contributed by atoms with Gasteiger partial charge in [-0.2, -0.15) is 5.10 Å². The SMILES string of the molecule is Cc1cc(N2CCC(Nc3ccc4nc(C(C)C)sc4c3)C2=O)n(C)n1. The minimum atomic E-state index is -0.208. The first-order valence-corrected chi connectivity index (χ1v) is 9.73. The first-order valence-electron chi connectivity index (χ1n) is 8.91. The average Bonchev–Trinajstić information content (AvgIpc) is 3.25. The third-order valence-electron chi connectivity index (χ3n) is 4.70. The monoisotopic (exact) mass is 369 g/mol. The number of fused-ring (bicyclic) bond motifs is 1. The molecule has 0 bridgehead atoms. The smallest absolute Gasteiger partial charge is 0.250 e. The van der Waals surface area contributed by atoms with E-state index in [-0.39, 0.29) is 11.9 Å². The fourth-order valence-corrected chi connectivity index (χ4v) is 4.38. The Bertz CT molecular complexity index is 974. The topological polar surface area (TPSA) is 63.1 Å². The number of carbonyl (C=O) groups is 1. The Hall–Kier alpha value is -2.41. The number of carbonyl (C=O) groups excluding carboxylic acids is 1. The molecule has 1 amide bonds. The van der Waals surface area contributed by atoms with E-state index in [0.717, 1.165) is 38.8 Å². The fourth-order valence-electron chi connectivity index (χ4n) is 3.37. The number of nitrogens with one attached hydrogen (secondary N) is 1. The minimum Gasteiger partial charge on any atom is -0.374 e. The van der Waals surface area contributed by atoms with E-state index >= 15 is 0 Å². The van der Waals surface area contributed by atoms with Gasteiger partial charge in [-0.25, -0.2) is 4.98 Å². The third-order valence-corrected chi connectivity index (χ3v) is 6.02. The lowest BCUT2D eigenvalue weighted by Gasteiger charge is -2.17. The summed E-state index contributed by atoms with van der Waals surface area (Å²) >= 11 is 1.72. The van der Waals surface area contributed by atoms with Crippen molar-refractivity contribution in [3.05, 3.63) is 35.0 Å². The Morgan fingerprint density at radius 3 is 2.81 bits per heavy atom. The van der Waals surface area contributed by atoms with E-state index in [1.165, 1.54) is 0 Å². The Morgan fingerprint density at radius 2 is 2.12 bits per heavy atom. The summed E-state index contributed by atoms with van der Waals surface area (Å²) in [6.07, 6.45) is 0.779. The van der Waals surface area contributed by atoms with Crippen LogP contribution in [0.15, 0.2) is 24.3 Å². The highest BCUT2D eigenvalue weighted by Gasteiger charge is 2.34. The number of aryl methyl sites for hydroxylation is 2. The zero-order chi connectivity index (χ0) is 18.4. The molecule has 0 spiro atoms. The van der Waals surface area contributed by atoms with Gasteiger partial charge in [-0.3, -0.25) is 14.4 Å². The van der Waals surface area contributed by atoms with Crippen molar-refractivity contribution in [1.29, 1.82) is 0 Å². The van der Waals surface area contributed by atoms with Crippen LogP contribution < -0.4 is 10.2 Å². The molecule has 4 rings (SSSR count). The van der Waals surface area contributed by atoms with Gasteiger partial charge in [0.1, 0.15) is 11.9 Å². The molecule has 1 unspecified atom stereocenters. The largest absolute Gasteiger partial charge is 0.374 e. The second-order valence-electron chi connectivity index (χ2n) is 7.13. The molecule has 1 atom stereocenters. The molecule has 3 aromatic rings. The van der Waals surface area contributed by atoms with Crippen molar-refractivity contribution in [3.8, 4) is 0 Å². The van der Waals surface area contributed by atoms with E-state index < -0.39 is 0 Å². The normalized spacial score (nSPS) is 17.7. The summed E-state index contributed by atoms with van der Waals surface area (Å²) in [6, 6.07) is 7.89. The van der Waals surface area contributed by atoms with Gasteiger partial charge >= 0.3 is 0 Å². The second kappa shape index (κ2) is 6.39. The lowest BCUT2D eigenvalue weighted by Crippen LogP contribution is -2.34. The standard InChI is InChI=1S/C19H23N5OS/c1-11(2)18-21-14-6-5-13(10-16(14)26-18)20-15-7-8-24(19(15)25)17-9-12(3)22-23(17)4/h5-6,9-11,15,20H,7-8H2,1-4H3. The van der Waals surface area contributed by atoms with Crippen molar-refractivity contribution < 1.29 is 4.79 Å². The predicted molar refractivity (Wildman–Crippen MR) is 106 cm³/mol. The van der Waals surface area contributed by atoms with Crippen molar-refractivity contribution in [1.82, 2.24) is 14.8 Å². The van der Waals surface area contributed by atoms with Crippen LogP contribution in [0.3, 0.4) is 0 Å². The maximum Gasteiger partial charge on any atom is 0.250 e. The minimum absolute atomic E-state index is 0.0975. The molecule has 26 heavy (non-hydrogen) atoms. The molecule has 1 fully saturated rings. The summed E-state index contributed by atoms with van der Waals surface area (Å²) in [5.41, 5.74) is 2.91. The molecule has 7 heteroatoms. The van der Waals surface area contributed by atoms with Gasteiger partial charge in [0.15, 0.2) is 0 Å². The molecule has 3 heterocycles. The van der Waals surface area contributed by atoms with Gasteiger partial charge in [0, 0.05) is 31.3 Å². The van der Waals surface area contributed by atoms with Crippen LogP contribution in [0.2, 0.25) is 0 Å². The van der Waals surface area contributed by atoms with Crippen LogP contribution in [0.4, 0.5) is 11.5 Å². The van der Waals surface area contributed by atoms with Gasteiger partial charge in [-0.1, -0.05) is 13.8 Å². The van der Waals surface area contributed by atoms with Crippen molar-refractivity contribution in [3.63, 3.8) is 0 Å². The molecule has 1 aliphatic heterocycles. The Morgan fingerprint density at radius 1 is 1.31 bits per heavy atom. The highest BCUT2D eigenvalue weighted by Crippen LogP contribution is 2.30. The number of thiazole rings is 1. The Labute approximate surface area is 156 Å². The number of amides is 1. The van der Waals surface area contributed by atoms with Crippen molar-refractivity contribution in [2.24, 2.45) is 7.05 Å². The van der Waals surface area contributed by atoms with Crippen molar-refractivity contribution in [2.75, 3.05) is 16.8 Å². The second-order valence-corrected chi connectivity index (χ2v) is 8.19. The summed E-state index contributed by atoms with van der Waals surface area (Å²) in [6.45, 7) is 6.96. The number of benzene rings is 1. The Balaban J connectivity index is 1.53. The molecule has 0 radical (unpaired) electrons. The lowest BCUT2D eigenvalue weighted by molar-refractivity contribution is -0.117. The number of hydrogen-bond donors (Lipinski definition) is 1. The van der Waals surface area contributed by atoms with Crippen LogP contribution in [-0.2, 0) is 11.8 Å². The van der Waals surface area contributed by atoms with Crippen molar-refractivity contribution >= 4 is 39.0 Å². The third kappa shape index (κ3) is 2.96. The van der Waals surface area contributed by atoms with E-state index in [1.54, 1.807) is 16.0 Å². The number of nitrogens with zero attached hydrogens (tertiary/aromatic N) is 4. The number of rotatable bonds is 4. The first-order chi connectivity index (χ1) is 12.4. The van der Waals surface area contributed by atoms with E-state index in [1.807, 2.05) is 37.1 Å². The van der Waals surface area contributed by atoms with Gasteiger partial charge in [0.2, 0.25) is 0 Å². The van der Waals surface area contributed by atoms with Gasteiger partial charge in [-0.15, -0.1) is 11.3 Å². The number of anilines is 2.